The van der Waals surface area contributed by atoms with E-state index >= 15 is 0 Å². The lowest BCUT2D eigenvalue weighted by Crippen LogP contribution is -2.44. The van der Waals surface area contributed by atoms with Gasteiger partial charge in [0, 0.05) is 19.4 Å². The van der Waals surface area contributed by atoms with E-state index in [0.29, 0.717) is 13.0 Å². The number of hydrogen-bond acceptors (Lipinski definition) is 3. The Labute approximate surface area is 130 Å². The van der Waals surface area contributed by atoms with E-state index < -0.39 is 0 Å². The van der Waals surface area contributed by atoms with Gasteiger partial charge in [0.2, 0.25) is 5.91 Å². The lowest BCUT2D eigenvalue weighted by Gasteiger charge is -2.29. The number of unbranched alkanes of at least 4 members (excludes halogenated alkanes) is 5. The van der Waals surface area contributed by atoms with Crippen LogP contribution in [-0.2, 0) is 9.68 Å². The average molecular weight is 303 g/mol. The number of nitrogens with zero attached hydrogens (tertiary/aromatic N) is 1. The van der Waals surface area contributed by atoms with Crippen LogP contribution in [0.2, 0.25) is 0 Å². The van der Waals surface area contributed by atoms with Crippen LogP contribution in [0.25, 0.3) is 0 Å². The summed E-state index contributed by atoms with van der Waals surface area (Å²) in [5.74, 6) is 0.175. The Balaban J connectivity index is 3.44. The summed E-state index contributed by atoms with van der Waals surface area (Å²) in [5.41, 5.74) is 0. The second-order valence-electron chi connectivity index (χ2n) is 6.44. The topological polar surface area (TPSA) is 58.6 Å². The zero-order valence-electron chi connectivity index (χ0n) is 14.2. The first kappa shape index (κ1) is 20.3. The van der Waals surface area contributed by atoms with Gasteiger partial charge in [0.05, 0.1) is 20.6 Å². The minimum absolute atomic E-state index is 0.175. The van der Waals surface area contributed by atoms with Crippen molar-refractivity contribution in [3.05, 3.63) is 0 Å². The smallest absolute Gasteiger partial charge is 0.219 e. The van der Waals surface area contributed by atoms with Crippen molar-refractivity contribution < 1.29 is 19.4 Å². The quantitative estimate of drug-likeness (QED) is 0.224. The molecule has 0 spiro atoms. The van der Waals surface area contributed by atoms with E-state index in [9.17, 15) is 4.79 Å². The average Bonchev–Trinajstić information content (AvgIpc) is 2.45. The van der Waals surface area contributed by atoms with E-state index in [1.165, 1.54) is 32.1 Å². The van der Waals surface area contributed by atoms with Crippen LogP contribution >= 0.6 is 0 Å². The summed E-state index contributed by atoms with van der Waals surface area (Å²) in [6, 6.07) is 0. The van der Waals surface area contributed by atoms with Crippen molar-refractivity contribution in [1.29, 1.82) is 0 Å². The Morgan fingerprint density at radius 3 is 2.38 bits per heavy atom. The van der Waals surface area contributed by atoms with Crippen LogP contribution in [-0.4, -0.2) is 56.0 Å². The van der Waals surface area contributed by atoms with Crippen LogP contribution in [0.3, 0.4) is 0 Å². The summed E-state index contributed by atoms with van der Waals surface area (Å²) >= 11 is 0. The number of nitrogens with one attached hydrogen (secondary N) is 1. The molecule has 0 aliphatic heterocycles. The van der Waals surface area contributed by atoms with Crippen LogP contribution < -0.4 is 5.32 Å². The minimum atomic E-state index is 0.175. The molecule has 5 heteroatoms. The molecule has 0 aliphatic carbocycles. The van der Waals surface area contributed by atoms with Gasteiger partial charge in [-0.1, -0.05) is 39.0 Å². The van der Waals surface area contributed by atoms with Gasteiger partial charge in [-0.3, -0.25) is 10.1 Å². The molecule has 0 bridgehead atoms. The molecule has 0 saturated carbocycles. The highest BCUT2D eigenvalue weighted by Crippen LogP contribution is 2.06. The number of carbonyl (C=O) groups is 1. The maximum absolute atomic E-state index is 11.7. The molecule has 0 aromatic heterocycles. The zero-order chi connectivity index (χ0) is 16.0. The Morgan fingerprint density at radius 2 is 1.71 bits per heavy atom. The van der Waals surface area contributed by atoms with Crippen molar-refractivity contribution in [3.8, 4) is 0 Å². The predicted octanol–water partition coefficient (Wildman–Crippen LogP) is 2.81. The number of quaternary nitrogens is 1. The molecular weight excluding hydrogens is 268 g/mol. The third kappa shape index (κ3) is 14.1. The second-order valence-corrected chi connectivity index (χ2v) is 6.44. The van der Waals surface area contributed by atoms with Crippen molar-refractivity contribution >= 4 is 5.91 Å². The maximum Gasteiger partial charge on any atom is 0.219 e. The number of amides is 1. The molecule has 0 aromatic rings. The van der Waals surface area contributed by atoms with E-state index in [1.807, 2.05) is 0 Å². The summed E-state index contributed by atoms with van der Waals surface area (Å²) in [6.07, 6.45) is 8.89. The number of hydrogen-bond donors (Lipinski definition) is 2. The molecule has 0 radical (unpaired) electrons. The van der Waals surface area contributed by atoms with Gasteiger partial charge in [-0.05, 0) is 6.42 Å². The van der Waals surface area contributed by atoms with Crippen LogP contribution in [0.4, 0.5) is 0 Å². The van der Waals surface area contributed by atoms with Gasteiger partial charge in [-0.2, -0.15) is 0 Å². The zero-order valence-corrected chi connectivity index (χ0v) is 14.2. The van der Waals surface area contributed by atoms with E-state index in [-0.39, 0.29) is 5.91 Å². The standard InChI is InChI=1S/C16H34N2O3/c1-4-5-6-7-8-9-11-16(19)17-12-10-13-18(2,3)14-15-21-20/h4-15H2,1-3H3,(H-,17,19,20)/p+1. The van der Waals surface area contributed by atoms with Gasteiger partial charge in [0.15, 0.2) is 0 Å². The molecule has 5 nitrogen and oxygen atoms in total. The molecule has 2 N–H and O–H groups in total. The molecule has 0 unspecified atom stereocenters. The van der Waals surface area contributed by atoms with Gasteiger partial charge >= 0.3 is 0 Å². The summed E-state index contributed by atoms with van der Waals surface area (Å²) in [7, 11) is 4.19. The van der Waals surface area contributed by atoms with Gasteiger partial charge < -0.3 is 9.80 Å². The molecule has 0 fully saturated rings. The highest BCUT2D eigenvalue weighted by atomic mass is 17.1. The van der Waals surface area contributed by atoms with Crippen LogP contribution in [0.1, 0.15) is 58.3 Å². The Hall–Kier alpha value is -0.650. The third-order valence-electron chi connectivity index (χ3n) is 3.81. The largest absolute Gasteiger partial charge is 0.356 e. The SMILES string of the molecule is CCCCCCCCC(=O)NCCC[N+](C)(C)CCOO. The molecule has 0 aromatic carbocycles. The number of carbonyl (C=O) groups excluding carboxylic acids is 1. The molecule has 0 heterocycles. The second kappa shape index (κ2) is 13.0. The Bertz CT molecular complexity index is 258. The first-order chi connectivity index (χ1) is 10.0. The summed E-state index contributed by atoms with van der Waals surface area (Å²) < 4.78 is 0.786. The molecule has 0 rings (SSSR count). The van der Waals surface area contributed by atoms with Gasteiger partial charge in [0.25, 0.3) is 0 Å². The molecular formula is C16H35N2O3+. The number of rotatable bonds is 14. The van der Waals surface area contributed by atoms with E-state index in [0.717, 1.165) is 37.0 Å². The Kier molecular flexibility index (Phi) is 12.6. The van der Waals surface area contributed by atoms with Crippen molar-refractivity contribution in [2.24, 2.45) is 0 Å². The molecule has 21 heavy (non-hydrogen) atoms. The third-order valence-corrected chi connectivity index (χ3v) is 3.81. The van der Waals surface area contributed by atoms with Crippen molar-refractivity contribution in [3.63, 3.8) is 0 Å². The van der Waals surface area contributed by atoms with Gasteiger partial charge in [0.1, 0.15) is 13.2 Å². The summed E-state index contributed by atoms with van der Waals surface area (Å²) in [4.78, 5) is 15.8. The predicted molar refractivity (Wildman–Crippen MR) is 86.0 cm³/mol. The molecule has 0 aliphatic rings. The monoisotopic (exact) mass is 303 g/mol. The van der Waals surface area contributed by atoms with E-state index in [2.05, 4.69) is 31.2 Å². The fourth-order valence-electron chi connectivity index (χ4n) is 2.29. The molecule has 1 amide bonds. The molecule has 0 saturated heterocycles. The van der Waals surface area contributed by atoms with Crippen molar-refractivity contribution in [1.82, 2.24) is 5.32 Å². The summed E-state index contributed by atoms with van der Waals surface area (Å²) in [6.45, 7) is 5.01. The van der Waals surface area contributed by atoms with Gasteiger partial charge in [-0.15, -0.1) is 0 Å². The van der Waals surface area contributed by atoms with Gasteiger partial charge in [-0.25, -0.2) is 4.89 Å². The first-order valence-electron chi connectivity index (χ1n) is 8.37. The molecule has 126 valence electrons. The fraction of sp³-hybridized carbons (Fsp3) is 0.938. The first-order valence-corrected chi connectivity index (χ1v) is 8.37. The van der Waals surface area contributed by atoms with Crippen molar-refractivity contribution in [2.45, 2.75) is 58.3 Å². The van der Waals surface area contributed by atoms with Crippen LogP contribution in [0, 0.1) is 0 Å². The number of likely N-dealkylation sites (N-methyl/N-ethyl adjacent to an activating group) is 1. The Morgan fingerprint density at radius 1 is 1.05 bits per heavy atom. The van der Waals surface area contributed by atoms with E-state index in [1.54, 1.807) is 0 Å². The lowest BCUT2D eigenvalue weighted by molar-refractivity contribution is -0.891. The summed E-state index contributed by atoms with van der Waals surface area (Å²) in [5, 5.41) is 11.3. The van der Waals surface area contributed by atoms with Crippen LogP contribution in [0.5, 0.6) is 0 Å². The fourth-order valence-corrected chi connectivity index (χ4v) is 2.29. The molecule has 0 atom stereocenters. The normalized spacial score (nSPS) is 11.6. The minimum Gasteiger partial charge on any atom is -0.356 e. The highest BCUT2D eigenvalue weighted by molar-refractivity contribution is 5.75. The highest BCUT2D eigenvalue weighted by Gasteiger charge is 2.14. The van der Waals surface area contributed by atoms with E-state index in [4.69, 9.17) is 5.26 Å². The van der Waals surface area contributed by atoms with Crippen LogP contribution in [0.15, 0.2) is 0 Å². The van der Waals surface area contributed by atoms with Crippen molar-refractivity contribution in [2.75, 3.05) is 40.3 Å². The maximum atomic E-state index is 11.7. The lowest BCUT2D eigenvalue weighted by atomic mass is 10.1.